The van der Waals surface area contributed by atoms with Gasteiger partial charge in [0, 0.05) is 17.4 Å². The highest BCUT2D eigenvalue weighted by Crippen LogP contribution is 2.27. The lowest BCUT2D eigenvalue weighted by Crippen LogP contribution is -2.20. The molecule has 0 aliphatic heterocycles. The number of oxazole rings is 1. The summed E-state index contributed by atoms with van der Waals surface area (Å²) >= 11 is 0. The average Bonchev–Trinajstić information content (AvgIpc) is 3.58. The average molecular weight is 530 g/mol. The van der Waals surface area contributed by atoms with Gasteiger partial charge in [0.25, 0.3) is 0 Å². The van der Waals surface area contributed by atoms with Crippen molar-refractivity contribution < 1.29 is 18.3 Å². The maximum absolute atomic E-state index is 6.24. The van der Waals surface area contributed by atoms with Crippen LogP contribution in [0.25, 0.3) is 22.4 Å². The van der Waals surface area contributed by atoms with Gasteiger partial charge in [0.1, 0.15) is 17.1 Å². The maximum atomic E-state index is 6.24. The molecule has 0 amide bonds. The Bertz CT molecular complexity index is 1610. The maximum Gasteiger partial charge on any atom is 0.226 e. The first-order valence-corrected chi connectivity index (χ1v) is 13.5. The summed E-state index contributed by atoms with van der Waals surface area (Å²) in [7, 11) is 0. The van der Waals surface area contributed by atoms with Crippen molar-refractivity contribution in [2.24, 2.45) is 0 Å². The molecular weight excluding hydrogens is 498 g/mol. The van der Waals surface area contributed by atoms with Crippen molar-refractivity contribution in [3.05, 3.63) is 149 Å². The largest absolute Gasteiger partial charge is 0.461 e. The number of hydrogen-bond donors (Lipinski definition) is 0. The quantitative estimate of drug-likeness (QED) is 0.158. The van der Waals surface area contributed by atoms with Crippen molar-refractivity contribution >= 4 is 11.0 Å². The van der Waals surface area contributed by atoms with Crippen LogP contribution in [0.15, 0.2) is 124 Å². The number of fused-ring (bicyclic) bond motifs is 1. The van der Waals surface area contributed by atoms with Crippen LogP contribution in [-0.2, 0) is 35.5 Å². The third kappa shape index (κ3) is 6.40. The minimum absolute atomic E-state index is 0.390. The Hall–Kier alpha value is -4.45. The fourth-order valence-corrected chi connectivity index (χ4v) is 4.71. The van der Waals surface area contributed by atoms with E-state index in [9.17, 15) is 0 Å². The Labute approximate surface area is 234 Å². The normalized spacial score (nSPS) is 11.4. The number of nitrogens with zero attached hydrogens (tertiary/aromatic N) is 1. The summed E-state index contributed by atoms with van der Waals surface area (Å²) in [5.74, 6) is 2.28. The molecule has 40 heavy (non-hydrogen) atoms. The van der Waals surface area contributed by atoms with E-state index in [-0.39, 0.29) is 0 Å². The second kappa shape index (κ2) is 12.2. The molecule has 0 unspecified atom stereocenters. The molecular formula is C35H31NO4. The van der Waals surface area contributed by atoms with Crippen LogP contribution in [0.3, 0.4) is 0 Å². The predicted molar refractivity (Wildman–Crippen MR) is 156 cm³/mol. The lowest BCUT2D eigenvalue weighted by Gasteiger charge is -2.19. The molecule has 0 atom stereocenters. The van der Waals surface area contributed by atoms with E-state index in [1.807, 2.05) is 79.7 Å². The number of benzene rings is 4. The number of rotatable bonds is 11. The molecule has 200 valence electrons. The molecule has 2 aromatic heterocycles. The summed E-state index contributed by atoms with van der Waals surface area (Å²) in [4.78, 5) is 4.73. The summed E-state index contributed by atoms with van der Waals surface area (Å²) in [5, 5.41) is 1.04. The van der Waals surface area contributed by atoms with Crippen LogP contribution in [0.2, 0.25) is 0 Å². The molecule has 5 nitrogen and oxygen atoms in total. The molecule has 2 heterocycles. The molecule has 6 rings (SSSR count). The van der Waals surface area contributed by atoms with Crippen molar-refractivity contribution in [2.75, 3.05) is 0 Å². The van der Waals surface area contributed by atoms with Crippen LogP contribution in [-0.4, -0.2) is 11.3 Å². The van der Waals surface area contributed by atoms with Gasteiger partial charge in [0.15, 0.2) is 6.29 Å². The zero-order chi connectivity index (χ0) is 27.1. The summed E-state index contributed by atoms with van der Waals surface area (Å²) in [6, 6.07) is 38.6. The zero-order valence-corrected chi connectivity index (χ0v) is 22.5. The van der Waals surface area contributed by atoms with Crippen LogP contribution < -0.4 is 0 Å². The Morgan fingerprint density at radius 2 is 1.30 bits per heavy atom. The van der Waals surface area contributed by atoms with Crippen LogP contribution in [0.4, 0.5) is 0 Å². The van der Waals surface area contributed by atoms with Gasteiger partial charge >= 0.3 is 0 Å². The van der Waals surface area contributed by atoms with Crippen molar-refractivity contribution in [1.29, 1.82) is 0 Å². The van der Waals surface area contributed by atoms with Gasteiger partial charge in [-0.25, -0.2) is 4.98 Å². The summed E-state index contributed by atoms with van der Waals surface area (Å²) in [5.41, 5.74) is 6.03. The van der Waals surface area contributed by atoms with Gasteiger partial charge in [-0.2, -0.15) is 0 Å². The molecule has 0 saturated heterocycles. The van der Waals surface area contributed by atoms with Crippen molar-refractivity contribution in [3.8, 4) is 11.5 Å². The van der Waals surface area contributed by atoms with E-state index >= 15 is 0 Å². The zero-order valence-electron chi connectivity index (χ0n) is 22.5. The Kier molecular flexibility index (Phi) is 7.85. The molecule has 0 N–H and O–H groups in total. The molecule has 0 aliphatic carbocycles. The van der Waals surface area contributed by atoms with E-state index in [0.717, 1.165) is 50.4 Å². The highest BCUT2D eigenvalue weighted by molar-refractivity contribution is 5.78. The van der Waals surface area contributed by atoms with Crippen molar-refractivity contribution in [3.63, 3.8) is 0 Å². The van der Waals surface area contributed by atoms with Gasteiger partial charge in [0.05, 0.1) is 25.3 Å². The highest BCUT2D eigenvalue weighted by Gasteiger charge is 2.16. The van der Waals surface area contributed by atoms with Crippen LogP contribution in [0.5, 0.6) is 0 Å². The van der Waals surface area contributed by atoms with E-state index in [1.165, 1.54) is 0 Å². The molecule has 0 aliphatic rings. The Morgan fingerprint density at radius 1 is 0.675 bits per heavy atom. The summed E-state index contributed by atoms with van der Waals surface area (Å²) < 4.78 is 24.6. The fraction of sp³-hybridized carbons (Fsp3) is 0.171. The number of aryl methyl sites for hydroxylation is 1. The van der Waals surface area contributed by atoms with E-state index in [2.05, 4.69) is 42.5 Å². The number of hydrogen-bond acceptors (Lipinski definition) is 5. The second-order valence-electron chi connectivity index (χ2n) is 9.88. The Morgan fingerprint density at radius 3 is 1.95 bits per heavy atom. The molecule has 0 spiro atoms. The van der Waals surface area contributed by atoms with E-state index < -0.39 is 6.29 Å². The fourth-order valence-electron chi connectivity index (χ4n) is 4.71. The molecule has 5 heteroatoms. The highest BCUT2D eigenvalue weighted by atomic mass is 16.7. The monoisotopic (exact) mass is 529 g/mol. The first kappa shape index (κ1) is 25.8. The van der Waals surface area contributed by atoms with E-state index in [0.29, 0.717) is 31.9 Å². The number of furan rings is 1. The molecule has 0 fully saturated rings. The van der Waals surface area contributed by atoms with Crippen LogP contribution in [0, 0.1) is 6.92 Å². The van der Waals surface area contributed by atoms with E-state index in [1.54, 1.807) is 0 Å². The minimum Gasteiger partial charge on any atom is -0.461 e. The summed E-state index contributed by atoms with van der Waals surface area (Å²) in [6.07, 6.45) is 0.798. The second-order valence-corrected chi connectivity index (χ2v) is 9.88. The van der Waals surface area contributed by atoms with Gasteiger partial charge in [-0.15, -0.1) is 0 Å². The molecule has 0 saturated carbocycles. The third-order valence-corrected chi connectivity index (χ3v) is 6.85. The van der Waals surface area contributed by atoms with Gasteiger partial charge in [-0.1, -0.05) is 84.9 Å². The molecule has 0 radical (unpaired) electrons. The lowest BCUT2D eigenvalue weighted by atomic mass is 10.1. The number of aromatic nitrogens is 1. The van der Waals surface area contributed by atoms with Gasteiger partial charge < -0.3 is 18.3 Å². The molecule has 6 aromatic rings. The SMILES string of the molecule is Cc1oc(-c2ccccc2)nc1Cc1cc2cc(CC(OCc3ccccc3)OCc3ccccc3)ccc2o1. The predicted octanol–water partition coefficient (Wildman–Crippen LogP) is 8.29. The van der Waals surface area contributed by atoms with E-state index in [4.69, 9.17) is 23.3 Å². The minimum atomic E-state index is -0.390. The van der Waals surface area contributed by atoms with Gasteiger partial charge in [0.2, 0.25) is 5.89 Å². The third-order valence-electron chi connectivity index (χ3n) is 6.85. The van der Waals surface area contributed by atoms with Gasteiger partial charge in [-0.3, -0.25) is 0 Å². The Balaban J connectivity index is 1.16. The van der Waals surface area contributed by atoms with Crippen molar-refractivity contribution in [2.45, 2.75) is 39.3 Å². The first-order chi connectivity index (χ1) is 19.7. The van der Waals surface area contributed by atoms with Crippen LogP contribution >= 0.6 is 0 Å². The summed E-state index contributed by atoms with van der Waals surface area (Å²) in [6.45, 7) is 2.92. The van der Waals surface area contributed by atoms with Crippen molar-refractivity contribution in [1.82, 2.24) is 4.98 Å². The topological polar surface area (TPSA) is 57.6 Å². The molecule has 0 bridgehead atoms. The smallest absolute Gasteiger partial charge is 0.226 e. The first-order valence-electron chi connectivity index (χ1n) is 13.5. The molecule has 4 aromatic carbocycles. The number of ether oxygens (including phenoxy) is 2. The lowest BCUT2D eigenvalue weighted by molar-refractivity contribution is -0.155. The van der Waals surface area contributed by atoms with Crippen LogP contribution in [0.1, 0.15) is 33.9 Å². The standard InChI is InChI=1S/C35H31NO4/c1-25-32(36-35(39-25)29-15-9-4-10-16-29)22-31-21-30-19-28(17-18-33(30)40-31)20-34(37-23-26-11-5-2-6-12-26)38-24-27-13-7-3-8-14-27/h2-19,21,34H,20,22-24H2,1H3. The van der Waals surface area contributed by atoms with Gasteiger partial charge in [-0.05, 0) is 53.9 Å².